The van der Waals surface area contributed by atoms with Gasteiger partial charge in [-0.1, -0.05) is 340 Å². The lowest BCUT2D eigenvalue weighted by Crippen LogP contribution is -2.00. The fraction of sp³-hybridized carbons (Fsp3) is 0. The molecule has 0 atom stereocenters. The highest BCUT2D eigenvalue weighted by atomic mass is 15.0. The van der Waals surface area contributed by atoms with Gasteiger partial charge in [-0.2, -0.15) is 0 Å². The van der Waals surface area contributed by atoms with E-state index in [0.717, 1.165) is 123 Å². The first-order valence-corrected chi connectivity index (χ1v) is 33.1. The van der Waals surface area contributed by atoms with Gasteiger partial charge in [0, 0.05) is 66.8 Å². The van der Waals surface area contributed by atoms with Gasteiger partial charge in [-0.15, -0.1) is 0 Å². The van der Waals surface area contributed by atoms with Crippen molar-refractivity contribution in [3.05, 3.63) is 364 Å². The molecule has 0 aliphatic rings. The van der Waals surface area contributed by atoms with Crippen molar-refractivity contribution in [3.63, 3.8) is 0 Å². The maximum atomic E-state index is 5.07. The van der Waals surface area contributed by atoms with Crippen LogP contribution < -0.4 is 0 Å². The van der Waals surface area contributed by atoms with Crippen LogP contribution in [0.5, 0.6) is 0 Å². The molecule has 4 heterocycles. The highest BCUT2D eigenvalue weighted by Gasteiger charge is 2.19. The van der Waals surface area contributed by atoms with E-state index in [-0.39, 0.29) is 0 Å². The summed E-state index contributed by atoms with van der Waals surface area (Å²) in [5.74, 6) is 5.22. The molecular weight excluding hydrogens is 1220 g/mol. The van der Waals surface area contributed by atoms with Crippen LogP contribution in [-0.2, 0) is 0 Å². The Bertz CT molecular complexity index is 5500. The Morgan fingerprint density at radius 1 is 0.130 bits per heavy atom. The second-order valence-corrected chi connectivity index (χ2v) is 23.9. The van der Waals surface area contributed by atoms with E-state index in [9.17, 15) is 0 Å². The van der Waals surface area contributed by atoms with E-state index in [1.54, 1.807) is 0 Å². The number of benzene rings is 13. The number of hydrogen-bond acceptors (Lipinski definition) is 10. The van der Waals surface area contributed by atoms with Crippen LogP contribution in [0.4, 0.5) is 0 Å². The van der Waals surface area contributed by atoms with Crippen LogP contribution in [0, 0.1) is 0 Å². The summed E-state index contributed by atoms with van der Waals surface area (Å²) in [4.78, 5) is 49.6. The molecule has 0 fully saturated rings. The molecule has 0 N–H and O–H groups in total. The molecule has 0 spiro atoms. The second-order valence-electron chi connectivity index (χ2n) is 23.9. The minimum Gasteiger partial charge on any atom is -0.228 e. The number of hydrogen-bond donors (Lipinski definition) is 0. The summed E-state index contributed by atoms with van der Waals surface area (Å²) >= 11 is 0. The first kappa shape index (κ1) is 61.2. The summed E-state index contributed by atoms with van der Waals surface area (Å²) in [5, 5.41) is 2.24. The SMILES string of the molecule is c1ccc(-c2cc(-c3ccc(-c4cccc(-c5nc(-c6ccccc6)nc(-c6cccc7ccccc67)n5)c4)cc3)nc(-c3ccccc3)n2)cc1.c1ccc(-c2cc(-c3ccc(-c4cccc(-c5nc(-c6ccccc6)nc(-c6ccccc6)n5)c4)cc3)nc(-c3ccccc3)n2)cc1. The molecule has 0 aliphatic carbocycles. The molecule has 17 aromatic rings. The van der Waals surface area contributed by atoms with Crippen LogP contribution >= 0.6 is 0 Å². The summed E-state index contributed by atoms with van der Waals surface area (Å²) in [6.07, 6.45) is 0. The predicted octanol–water partition coefficient (Wildman–Crippen LogP) is 21.8. The van der Waals surface area contributed by atoms with E-state index in [2.05, 4.69) is 170 Å². The summed E-state index contributed by atoms with van der Waals surface area (Å²) < 4.78 is 0. The van der Waals surface area contributed by atoms with Gasteiger partial charge >= 0.3 is 0 Å². The molecule has 0 radical (unpaired) electrons. The first-order valence-electron chi connectivity index (χ1n) is 33.1. The van der Waals surface area contributed by atoms with Crippen LogP contribution in [-0.4, -0.2) is 49.8 Å². The molecule has 0 aliphatic heterocycles. The largest absolute Gasteiger partial charge is 0.228 e. The van der Waals surface area contributed by atoms with Gasteiger partial charge in [0.1, 0.15) is 0 Å². The predicted molar refractivity (Wildman–Crippen MR) is 404 cm³/mol. The quantitative estimate of drug-likeness (QED) is 0.104. The Balaban J connectivity index is 0.000000156. The Morgan fingerprint density at radius 3 is 0.710 bits per heavy atom. The van der Waals surface area contributed by atoms with Gasteiger partial charge in [-0.3, -0.25) is 0 Å². The van der Waals surface area contributed by atoms with Crippen LogP contribution in [0.15, 0.2) is 364 Å². The molecule has 10 heteroatoms. The third-order valence-electron chi connectivity index (χ3n) is 17.3. The van der Waals surface area contributed by atoms with Crippen LogP contribution in [0.3, 0.4) is 0 Å². The highest BCUT2D eigenvalue weighted by Crippen LogP contribution is 2.36. The zero-order chi connectivity index (χ0) is 66.8. The minimum atomic E-state index is 0.623. The Labute approximate surface area is 579 Å². The van der Waals surface area contributed by atoms with Crippen LogP contribution in [0.25, 0.3) is 169 Å². The molecule has 0 bridgehead atoms. The van der Waals surface area contributed by atoms with E-state index < -0.39 is 0 Å². The maximum Gasteiger partial charge on any atom is 0.164 e. The zero-order valence-electron chi connectivity index (χ0n) is 54.1. The van der Waals surface area contributed by atoms with Gasteiger partial charge in [-0.05, 0) is 57.3 Å². The first-order chi connectivity index (χ1) is 49.5. The molecule has 4 aromatic heterocycles. The average Bonchev–Trinajstić information content (AvgIpc) is 0.819. The Kier molecular flexibility index (Phi) is 17.3. The van der Waals surface area contributed by atoms with Crippen LogP contribution in [0.2, 0.25) is 0 Å². The van der Waals surface area contributed by atoms with Crippen molar-refractivity contribution < 1.29 is 0 Å². The van der Waals surface area contributed by atoms with E-state index in [0.29, 0.717) is 46.6 Å². The molecule has 17 rings (SSSR count). The Morgan fingerprint density at radius 2 is 0.360 bits per heavy atom. The van der Waals surface area contributed by atoms with Gasteiger partial charge in [0.15, 0.2) is 46.6 Å². The van der Waals surface area contributed by atoms with Gasteiger partial charge in [0.05, 0.1) is 22.8 Å². The maximum absolute atomic E-state index is 5.07. The summed E-state index contributed by atoms with van der Waals surface area (Å²) in [6.45, 7) is 0. The van der Waals surface area contributed by atoms with Gasteiger partial charge in [-0.25, -0.2) is 49.8 Å². The minimum absolute atomic E-state index is 0.623. The molecule has 0 amide bonds. The fourth-order valence-corrected chi connectivity index (χ4v) is 12.2. The van der Waals surface area contributed by atoms with Crippen molar-refractivity contribution in [3.8, 4) is 158 Å². The van der Waals surface area contributed by atoms with Crippen LogP contribution in [0.1, 0.15) is 0 Å². The zero-order valence-corrected chi connectivity index (χ0v) is 54.1. The normalized spacial score (nSPS) is 11.0. The van der Waals surface area contributed by atoms with Gasteiger partial charge in [0.2, 0.25) is 0 Å². The molecule has 10 nitrogen and oxygen atoms in total. The van der Waals surface area contributed by atoms with Crippen molar-refractivity contribution in [2.45, 2.75) is 0 Å². The lowest BCUT2D eigenvalue weighted by Gasteiger charge is -2.11. The highest BCUT2D eigenvalue weighted by molar-refractivity contribution is 5.95. The summed E-state index contributed by atoms with van der Waals surface area (Å²) in [5.41, 5.74) is 19.5. The number of nitrogens with zero attached hydrogens (tertiary/aromatic N) is 10. The third kappa shape index (κ3) is 13.6. The van der Waals surface area contributed by atoms with Crippen molar-refractivity contribution in [1.82, 2.24) is 49.8 Å². The summed E-state index contributed by atoms with van der Waals surface area (Å²) in [6, 6.07) is 123. The van der Waals surface area contributed by atoms with Crippen molar-refractivity contribution in [2.24, 2.45) is 0 Å². The number of rotatable bonds is 14. The van der Waals surface area contributed by atoms with E-state index >= 15 is 0 Å². The second kappa shape index (κ2) is 28.3. The summed E-state index contributed by atoms with van der Waals surface area (Å²) in [7, 11) is 0. The fourth-order valence-electron chi connectivity index (χ4n) is 12.2. The molecule has 0 saturated carbocycles. The van der Waals surface area contributed by atoms with E-state index in [1.807, 2.05) is 194 Å². The smallest absolute Gasteiger partial charge is 0.164 e. The molecule has 0 unspecified atom stereocenters. The molecule has 0 saturated heterocycles. The van der Waals surface area contributed by atoms with Gasteiger partial charge < -0.3 is 0 Å². The number of fused-ring (bicyclic) bond motifs is 1. The van der Waals surface area contributed by atoms with Crippen molar-refractivity contribution in [2.75, 3.05) is 0 Å². The number of aromatic nitrogens is 10. The lowest BCUT2D eigenvalue weighted by atomic mass is 10.00. The molecule has 470 valence electrons. The molecule has 13 aromatic carbocycles. The standard InChI is InChI=1S/C47H31N5.C43H29N5/c1-4-15-34(16-5-1)42-31-43(49-44(48-42)36-17-6-2-7-18-36)35-28-26-32(27-29-35)38-22-12-23-39(30-38)46-50-45(37-19-8-3-9-20-37)51-47(52-46)41-25-13-21-33-14-10-11-24-40(33)41;1-5-14-31(15-6-1)38-29-39(45-40(44-38)33-16-7-2-8-17-33)32-26-24-30(25-27-32)36-22-13-23-37(28-36)43-47-41(34-18-9-3-10-19-34)46-42(48-43)35-20-11-4-12-21-35/h1-31H;1-29H. The van der Waals surface area contributed by atoms with E-state index in [4.69, 9.17) is 49.8 Å². The van der Waals surface area contributed by atoms with Gasteiger partial charge in [0.25, 0.3) is 0 Å². The third-order valence-corrected chi connectivity index (χ3v) is 17.3. The Hall–Kier alpha value is -13.7. The molecular formula is C90H60N10. The van der Waals surface area contributed by atoms with Crippen molar-refractivity contribution >= 4 is 10.8 Å². The lowest BCUT2D eigenvalue weighted by molar-refractivity contribution is 1.07. The topological polar surface area (TPSA) is 129 Å². The van der Waals surface area contributed by atoms with E-state index in [1.165, 1.54) is 0 Å². The molecule has 100 heavy (non-hydrogen) atoms. The average molecular weight is 1280 g/mol. The monoisotopic (exact) mass is 1280 g/mol. The van der Waals surface area contributed by atoms with Crippen molar-refractivity contribution in [1.29, 1.82) is 0 Å².